The van der Waals surface area contributed by atoms with Gasteiger partial charge in [0.25, 0.3) is 0 Å². The zero-order valence-electron chi connectivity index (χ0n) is 14.7. The van der Waals surface area contributed by atoms with Gasteiger partial charge in [0.05, 0.1) is 0 Å². The summed E-state index contributed by atoms with van der Waals surface area (Å²) in [6.45, 7) is 4.46. The van der Waals surface area contributed by atoms with Crippen LogP contribution < -0.4 is 0 Å². The van der Waals surface area contributed by atoms with Crippen molar-refractivity contribution in [3.63, 3.8) is 0 Å². The first-order valence-corrected chi connectivity index (χ1v) is 9.36. The Morgan fingerprint density at radius 2 is 0.952 bits per heavy atom. The van der Waals surface area contributed by atoms with Crippen molar-refractivity contribution in [1.29, 1.82) is 0 Å². The zero-order valence-corrected chi connectivity index (χ0v) is 14.7. The molecule has 0 aliphatic carbocycles. The maximum Gasteiger partial charge on any atom is -0.0169 e. The third-order valence-electron chi connectivity index (χ3n) is 3.75. The lowest BCUT2D eigenvalue weighted by atomic mass is 10.1. The molecular formula is C21H38. The SMILES string of the molecule is CC/C=C\C/C=C\C/C=C\CCCCCCCCCCC. The molecule has 0 atom stereocenters. The standard InChI is InChI=1S/C21H38/c1-3-5-7-9-11-13-15-17-19-21-20-18-16-14-12-10-8-6-4-2/h5,7,11,13,17,19H,3-4,6,8-10,12,14-16,18,20-21H2,1-2H3/b7-5-,13-11-,19-17-. The number of unbranched alkanes of at least 4 members (excludes halogenated alkanes) is 9. The zero-order chi connectivity index (χ0) is 15.4. The van der Waals surface area contributed by atoms with Crippen molar-refractivity contribution in [2.24, 2.45) is 0 Å². The Balaban J connectivity index is 3.16. The first-order chi connectivity index (χ1) is 10.4. The highest BCUT2D eigenvalue weighted by Gasteiger charge is 1.90. The van der Waals surface area contributed by atoms with Crippen molar-refractivity contribution < 1.29 is 0 Å². The van der Waals surface area contributed by atoms with Crippen LogP contribution in [0.1, 0.15) is 97.3 Å². The van der Waals surface area contributed by atoms with E-state index in [0.29, 0.717) is 0 Å². The quantitative estimate of drug-likeness (QED) is 0.213. The Bertz CT molecular complexity index is 257. The molecule has 0 aliphatic heterocycles. The fourth-order valence-electron chi connectivity index (χ4n) is 2.40. The van der Waals surface area contributed by atoms with Gasteiger partial charge in [-0.05, 0) is 32.1 Å². The van der Waals surface area contributed by atoms with E-state index in [1.165, 1.54) is 64.2 Å². The topological polar surface area (TPSA) is 0 Å². The molecule has 0 aliphatic rings. The Hall–Kier alpha value is -0.780. The van der Waals surface area contributed by atoms with Gasteiger partial charge in [-0.15, -0.1) is 0 Å². The molecule has 0 nitrogen and oxygen atoms in total. The van der Waals surface area contributed by atoms with Gasteiger partial charge < -0.3 is 0 Å². The van der Waals surface area contributed by atoms with Crippen LogP contribution in [0.2, 0.25) is 0 Å². The van der Waals surface area contributed by atoms with Crippen LogP contribution in [0.15, 0.2) is 36.5 Å². The fraction of sp³-hybridized carbons (Fsp3) is 0.714. The van der Waals surface area contributed by atoms with Crippen LogP contribution in [0, 0.1) is 0 Å². The Morgan fingerprint density at radius 3 is 1.52 bits per heavy atom. The number of rotatable bonds is 15. The van der Waals surface area contributed by atoms with Gasteiger partial charge in [0.15, 0.2) is 0 Å². The normalized spacial score (nSPS) is 12.3. The van der Waals surface area contributed by atoms with E-state index in [4.69, 9.17) is 0 Å². The predicted octanol–water partition coefficient (Wildman–Crippen LogP) is 7.77. The number of allylic oxidation sites excluding steroid dienone is 6. The molecule has 122 valence electrons. The smallest absolute Gasteiger partial charge is 0.0169 e. The Labute approximate surface area is 134 Å². The predicted molar refractivity (Wildman–Crippen MR) is 98.8 cm³/mol. The lowest BCUT2D eigenvalue weighted by Crippen LogP contribution is -1.80. The van der Waals surface area contributed by atoms with E-state index in [0.717, 1.165) is 19.3 Å². The van der Waals surface area contributed by atoms with E-state index in [9.17, 15) is 0 Å². The van der Waals surface area contributed by atoms with Crippen LogP contribution in [0.3, 0.4) is 0 Å². The second-order valence-corrected chi connectivity index (χ2v) is 5.91. The van der Waals surface area contributed by atoms with Crippen LogP contribution in [0.25, 0.3) is 0 Å². The van der Waals surface area contributed by atoms with Crippen molar-refractivity contribution in [2.45, 2.75) is 97.3 Å². The van der Waals surface area contributed by atoms with Crippen molar-refractivity contribution in [1.82, 2.24) is 0 Å². The van der Waals surface area contributed by atoms with Crippen molar-refractivity contribution in [3.8, 4) is 0 Å². The van der Waals surface area contributed by atoms with E-state index in [1.54, 1.807) is 0 Å². The molecule has 0 unspecified atom stereocenters. The molecule has 0 radical (unpaired) electrons. The highest BCUT2D eigenvalue weighted by Crippen LogP contribution is 2.10. The summed E-state index contributed by atoms with van der Waals surface area (Å²) >= 11 is 0. The van der Waals surface area contributed by atoms with Crippen LogP contribution in [-0.2, 0) is 0 Å². The highest BCUT2D eigenvalue weighted by atomic mass is 14.0. The molecule has 0 spiro atoms. The van der Waals surface area contributed by atoms with Crippen molar-refractivity contribution in [2.75, 3.05) is 0 Å². The van der Waals surface area contributed by atoms with E-state index >= 15 is 0 Å². The summed E-state index contributed by atoms with van der Waals surface area (Å²) < 4.78 is 0. The number of hydrogen-bond acceptors (Lipinski definition) is 0. The maximum absolute atomic E-state index is 2.35. The second kappa shape index (κ2) is 19.2. The van der Waals surface area contributed by atoms with Gasteiger partial charge in [-0.25, -0.2) is 0 Å². The molecular weight excluding hydrogens is 252 g/mol. The summed E-state index contributed by atoms with van der Waals surface area (Å²) in [6.07, 6.45) is 31.0. The molecule has 0 rings (SSSR count). The van der Waals surface area contributed by atoms with Crippen LogP contribution in [0.5, 0.6) is 0 Å². The van der Waals surface area contributed by atoms with E-state index < -0.39 is 0 Å². The molecule has 0 aromatic rings. The van der Waals surface area contributed by atoms with Gasteiger partial charge in [-0.3, -0.25) is 0 Å². The Kier molecular flexibility index (Phi) is 18.5. The molecule has 0 aromatic carbocycles. The van der Waals surface area contributed by atoms with Crippen molar-refractivity contribution in [3.05, 3.63) is 36.5 Å². The van der Waals surface area contributed by atoms with Gasteiger partial charge in [-0.2, -0.15) is 0 Å². The molecule has 0 heterocycles. The molecule has 0 bridgehead atoms. The molecule has 21 heavy (non-hydrogen) atoms. The number of hydrogen-bond donors (Lipinski definition) is 0. The van der Waals surface area contributed by atoms with Gasteiger partial charge in [-0.1, -0.05) is 102 Å². The van der Waals surface area contributed by atoms with E-state index in [1.807, 2.05) is 0 Å². The van der Waals surface area contributed by atoms with Crippen molar-refractivity contribution >= 4 is 0 Å². The largest absolute Gasteiger partial charge is 0.0885 e. The molecule has 0 saturated heterocycles. The second-order valence-electron chi connectivity index (χ2n) is 5.91. The molecule has 0 N–H and O–H groups in total. The molecule has 0 heteroatoms. The summed E-state index contributed by atoms with van der Waals surface area (Å²) in [5.41, 5.74) is 0. The summed E-state index contributed by atoms with van der Waals surface area (Å²) in [7, 11) is 0. The Morgan fingerprint density at radius 1 is 0.476 bits per heavy atom. The van der Waals surface area contributed by atoms with Gasteiger partial charge >= 0.3 is 0 Å². The molecule has 0 aromatic heterocycles. The van der Waals surface area contributed by atoms with E-state index in [2.05, 4.69) is 50.3 Å². The minimum Gasteiger partial charge on any atom is -0.0885 e. The summed E-state index contributed by atoms with van der Waals surface area (Å²) in [6, 6.07) is 0. The molecule has 0 amide bonds. The summed E-state index contributed by atoms with van der Waals surface area (Å²) in [4.78, 5) is 0. The average molecular weight is 291 g/mol. The maximum atomic E-state index is 2.35. The first-order valence-electron chi connectivity index (χ1n) is 9.36. The molecule has 0 saturated carbocycles. The first kappa shape index (κ1) is 20.2. The van der Waals surface area contributed by atoms with Crippen LogP contribution in [-0.4, -0.2) is 0 Å². The third kappa shape index (κ3) is 19.2. The average Bonchev–Trinajstić information content (AvgIpc) is 2.50. The summed E-state index contributed by atoms with van der Waals surface area (Å²) in [5, 5.41) is 0. The lowest BCUT2D eigenvalue weighted by molar-refractivity contribution is 0.566. The fourth-order valence-corrected chi connectivity index (χ4v) is 2.40. The summed E-state index contributed by atoms with van der Waals surface area (Å²) in [5.74, 6) is 0. The van der Waals surface area contributed by atoms with Gasteiger partial charge in [0.1, 0.15) is 0 Å². The minimum atomic E-state index is 1.08. The monoisotopic (exact) mass is 290 g/mol. The lowest BCUT2D eigenvalue weighted by Gasteiger charge is -2.00. The highest BCUT2D eigenvalue weighted by molar-refractivity contribution is 4.96. The minimum absolute atomic E-state index is 1.08. The van der Waals surface area contributed by atoms with Crippen LogP contribution >= 0.6 is 0 Å². The third-order valence-corrected chi connectivity index (χ3v) is 3.75. The van der Waals surface area contributed by atoms with Crippen LogP contribution in [0.4, 0.5) is 0 Å². The van der Waals surface area contributed by atoms with Gasteiger partial charge in [0.2, 0.25) is 0 Å². The van der Waals surface area contributed by atoms with Gasteiger partial charge in [0, 0.05) is 0 Å². The van der Waals surface area contributed by atoms with E-state index in [-0.39, 0.29) is 0 Å². The molecule has 0 fully saturated rings.